The molecule has 0 spiro atoms. The minimum atomic E-state index is -0.481. The summed E-state index contributed by atoms with van der Waals surface area (Å²) in [5, 5.41) is 4.88. The maximum atomic E-state index is 12.5. The van der Waals surface area contributed by atoms with Crippen LogP contribution in [0.25, 0.3) is 10.2 Å². The molecule has 1 N–H and O–H groups in total. The zero-order valence-corrected chi connectivity index (χ0v) is 17.8. The summed E-state index contributed by atoms with van der Waals surface area (Å²) in [6, 6.07) is -0.481. The van der Waals surface area contributed by atoms with E-state index in [1.807, 2.05) is 4.90 Å². The number of hydrogen-bond donors (Lipinski definition) is 1. The molecule has 1 unspecified atom stereocenters. The number of rotatable bonds is 5. The number of aryl methyl sites for hydroxylation is 2. The molecule has 2 aliphatic rings. The number of nitrogens with zero attached hydrogens (tertiary/aromatic N) is 3. The Balaban J connectivity index is 1.38. The standard InChI is InChI=1S/C20H26N4O2S2/c1-13(20(26)24-9-5-2-6-10-24)23-16(25)11-27-18-17-14-7-3-4-8-15(14)28-19(17)22-12-21-18/h12-13H,2-11H2,1H3,(H,23,25). The van der Waals surface area contributed by atoms with Gasteiger partial charge in [0.05, 0.1) is 5.75 Å². The number of aromatic nitrogens is 2. The Morgan fingerprint density at radius 1 is 1.18 bits per heavy atom. The highest BCUT2D eigenvalue weighted by Crippen LogP contribution is 2.39. The first-order valence-corrected chi connectivity index (χ1v) is 11.9. The minimum absolute atomic E-state index is 0.0226. The Labute approximate surface area is 173 Å². The molecular weight excluding hydrogens is 392 g/mol. The van der Waals surface area contributed by atoms with Gasteiger partial charge in [0.25, 0.3) is 0 Å². The van der Waals surface area contributed by atoms with E-state index in [1.165, 1.54) is 41.5 Å². The molecule has 1 saturated heterocycles. The Bertz CT molecular complexity index is 876. The third-order valence-corrected chi connectivity index (χ3v) is 7.66. The summed E-state index contributed by atoms with van der Waals surface area (Å²) in [6.45, 7) is 3.38. The van der Waals surface area contributed by atoms with Gasteiger partial charge in [-0.3, -0.25) is 9.59 Å². The van der Waals surface area contributed by atoms with Crippen molar-refractivity contribution >= 4 is 45.1 Å². The molecule has 1 aliphatic heterocycles. The van der Waals surface area contributed by atoms with E-state index < -0.39 is 6.04 Å². The van der Waals surface area contributed by atoms with Crippen molar-refractivity contribution in [3.05, 3.63) is 16.8 Å². The van der Waals surface area contributed by atoms with Crippen molar-refractivity contribution in [2.45, 2.75) is 62.9 Å². The van der Waals surface area contributed by atoms with Crippen molar-refractivity contribution in [1.29, 1.82) is 0 Å². The average molecular weight is 419 g/mol. The van der Waals surface area contributed by atoms with Crippen molar-refractivity contribution in [2.75, 3.05) is 18.8 Å². The lowest BCUT2D eigenvalue weighted by atomic mass is 9.97. The van der Waals surface area contributed by atoms with Crippen LogP contribution in [0.15, 0.2) is 11.4 Å². The molecule has 0 aromatic carbocycles. The number of amides is 2. The van der Waals surface area contributed by atoms with Gasteiger partial charge in [0.15, 0.2) is 0 Å². The lowest BCUT2D eigenvalue weighted by molar-refractivity contribution is -0.136. The molecule has 6 nitrogen and oxygen atoms in total. The predicted molar refractivity (Wildman–Crippen MR) is 113 cm³/mol. The van der Waals surface area contributed by atoms with Gasteiger partial charge in [0.1, 0.15) is 22.2 Å². The molecule has 2 aromatic heterocycles. The first-order chi connectivity index (χ1) is 13.6. The van der Waals surface area contributed by atoms with Gasteiger partial charge < -0.3 is 10.2 Å². The number of likely N-dealkylation sites (tertiary alicyclic amines) is 1. The van der Waals surface area contributed by atoms with Crippen LogP contribution >= 0.6 is 23.1 Å². The van der Waals surface area contributed by atoms with Crippen molar-refractivity contribution in [3.8, 4) is 0 Å². The topological polar surface area (TPSA) is 75.2 Å². The number of hydrogen-bond acceptors (Lipinski definition) is 6. The second-order valence-electron chi connectivity index (χ2n) is 7.53. The summed E-state index contributed by atoms with van der Waals surface area (Å²) in [7, 11) is 0. The second kappa shape index (κ2) is 8.78. The van der Waals surface area contributed by atoms with Gasteiger partial charge in [-0.1, -0.05) is 11.8 Å². The maximum Gasteiger partial charge on any atom is 0.244 e. The first kappa shape index (κ1) is 19.6. The Morgan fingerprint density at radius 3 is 2.79 bits per heavy atom. The molecule has 150 valence electrons. The van der Waals surface area contributed by atoms with E-state index in [-0.39, 0.29) is 17.6 Å². The van der Waals surface area contributed by atoms with E-state index >= 15 is 0 Å². The van der Waals surface area contributed by atoms with Gasteiger partial charge in [0, 0.05) is 23.4 Å². The molecule has 3 heterocycles. The third-order valence-electron chi connectivity index (χ3n) is 5.47. The molecule has 2 aromatic rings. The predicted octanol–water partition coefficient (Wildman–Crippen LogP) is 3.18. The highest BCUT2D eigenvalue weighted by atomic mass is 32.2. The molecule has 1 atom stereocenters. The number of nitrogens with one attached hydrogen (secondary N) is 1. The van der Waals surface area contributed by atoms with Crippen molar-refractivity contribution in [2.24, 2.45) is 0 Å². The normalized spacial score (nSPS) is 18.0. The van der Waals surface area contributed by atoms with Crippen LogP contribution in [-0.2, 0) is 22.4 Å². The summed E-state index contributed by atoms with van der Waals surface area (Å²) in [4.78, 5) is 38.1. The lowest BCUT2D eigenvalue weighted by Crippen LogP contribution is -2.48. The Morgan fingerprint density at radius 2 is 1.96 bits per heavy atom. The van der Waals surface area contributed by atoms with Crippen LogP contribution in [0.1, 0.15) is 49.5 Å². The quantitative estimate of drug-likeness (QED) is 0.596. The zero-order valence-electron chi connectivity index (χ0n) is 16.2. The van der Waals surface area contributed by atoms with Gasteiger partial charge in [-0.05, 0) is 57.4 Å². The lowest BCUT2D eigenvalue weighted by Gasteiger charge is -2.29. The van der Waals surface area contributed by atoms with Crippen LogP contribution in [-0.4, -0.2) is 51.6 Å². The summed E-state index contributed by atoms with van der Waals surface area (Å²) in [6.07, 6.45) is 9.51. The molecular formula is C20H26N4O2S2. The zero-order chi connectivity index (χ0) is 19.5. The highest BCUT2D eigenvalue weighted by Gasteiger charge is 2.24. The van der Waals surface area contributed by atoms with Crippen molar-refractivity contribution < 1.29 is 9.59 Å². The van der Waals surface area contributed by atoms with E-state index in [4.69, 9.17) is 0 Å². The molecule has 0 bridgehead atoms. The van der Waals surface area contributed by atoms with Crippen LogP contribution in [0.2, 0.25) is 0 Å². The molecule has 28 heavy (non-hydrogen) atoms. The minimum Gasteiger partial charge on any atom is -0.344 e. The number of piperidine rings is 1. The summed E-state index contributed by atoms with van der Waals surface area (Å²) in [5.41, 5.74) is 1.38. The fourth-order valence-corrected chi connectivity index (χ4v) is 6.17. The van der Waals surface area contributed by atoms with Crippen LogP contribution in [0.5, 0.6) is 0 Å². The molecule has 1 fully saturated rings. The fourth-order valence-electron chi connectivity index (χ4n) is 4.04. The molecule has 8 heteroatoms. The van der Waals surface area contributed by atoms with Crippen LogP contribution in [0.3, 0.4) is 0 Å². The first-order valence-electron chi connectivity index (χ1n) is 10.1. The summed E-state index contributed by atoms with van der Waals surface area (Å²) in [5.74, 6) is 0.155. The van der Waals surface area contributed by atoms with Gasteiger partial charge in [-0.2, -0.15) is 0 Å². The van der Waals surface area contributed by atoms with Crippen molar-refractivity contribution in [3.63, 3.8) is 0 Å². The third kappa shape index (κ3) is 4.17. The average Bonchev–Trinajstić information content (AvgIpc) is 3.11. The monoisotopic (exact) mass is 418 g/mol. The van der Waals surface area contributed by atoms with Gasteiger partial charge in [0.2, 0.25) is 11.8 Å². The molecule has 2 amide bonds. The van der Waals surface area contributed by atoms with E-state index in [2.05, 4.69) is 15.3 Å². The van der Waals surface area contributed by atoms with Crippen LogP contribution < -0.4 is 5.32 Å². The number of fused-ring (bicyclic) bond motifs is 3. The van der Waals surface area contributed by atoms with Crippen LogP contribution in [0, 0.1) is 0 Å². The Hall–Kier alpha value is -1.67. The van der Waals surface area contributed by atoms with Crippen molar-refractivity contribution in [1.82, 2.24) is 20.2 Å². The van der Waals surface area contributed by atoms with E-state index in [9.17, 15) is 9.59 Å². The molecule has 4 rings (SSSR count). The number of thiophene rings is 1. The molecule has 0 radical (unpaired) electrons. The van der Waals surface area contributed by atoms with Gasteiger partial charge in [-0.15, -0.1) is 11.3 Å². The van der Waals surface area contributed by atoms with Crippen LogP contribution in [0.4, 0.5) is 0 Å². The number of thioether (sulfide) groups is 1. The van der Waals surface area contributed by atoms with E-state index in [0.717, 1.165) is 54.0 Å². The van der Waals surface area contributed by atoms with Gasteiger partial charge >= 0.3 is 0 Å². The SMILES string of the molecule is CC(NC(=O)CSc1ncnc2sc3c(c12)CCCC3)C(=O)N1CCCCC1. The molecule has 0 saturated carbocycles. The number of carbonyl (C=O) groups is 2. The smallest absolute Gasteiger partial charge is 0.244 e. The van der Waals surface area contributed by atoms with E-state index in [0.29, 0.717) is 0 Å². The van der Waals surface area contributed by atoms with E-state index in [1.54, 1.807) is 24.6 Å². The van der Waals surface area contributed by atoms with Gasteiger partial charge in [-0.25, -0.2) is 9.97 Å². The fraction of sp³-hybridized carbons (Fsp3) is 0.600. The molecule has 1 aliphatic carbocycles. The largest absolute Gasteiger partial charge is 0.344 e. The summed E-state index contributed by atoms with van der Waals surface area (Å²) >= 11 is 3.21. The highest BCUT2D eigenvalue weighted by molar-refractivity contribution is 8.00. The number of carbonyl (C=O) groups excluding carboxylic acids is 2. The summed E-state index contributed by atoms with van der Waals surface area (Å²) < 4.78 is 0. The maximum absolute atomic E-state index is 12.5. The Kier molecular flexibility index (Phi) is 6.16. The second-order valence-corrected chi connectivity index (χ2v) is 9.58.